The minimum Gasteiger partial charge on any atom is -0.369 e. The summed E-state index contributed by atoms with van der Waals surface area (Å²) < 4.78 is 25.5. The number of hydrogen-bond donors (Lipinski definition) is 2. The third kappa shape index (κ3) is 4.03. The van der Waals surface area contributed by atoms with Crippen LogP contribution in [0, 0.1) is 0 Å². The van der Waals surface area contributed by atoms with Crippen LogP contribution in [0.5, 0.6) is 0 Å². The van der Waals surface area contributed by atoms with Gasteiger partial charge in [0.1, 0.15) is 0 Å². The van der Waals surface area contributed by atoms with Crippen molar-refractivity contribution in [3.63, 3.8) is 0 Å². The van der Waals surface area contributed by atoms with Gasteiger partial charge in [-0.15, -0.1) is 0 Å². The molecule has 1 amide bonds. The quantitative estimate of drug-likeness (QED) is 0.765. The van der Waals surface area contributed by atoms with Gasteiger partial charge in [0.25, 0.3) is 0 Å². The summed E-state index contributed by atoms with van der Waals surface area (Å²) >= 11 is 0. The molecule has 0 aliphatic rings. The van der Waals surface area contributed by atoms with Crippen molar-refractivity contribution in [2.24, 2.45) is 5.73 Å². The van der Waals surface area contributed by atoms with E-state index in [1.54, 1.807) is 12.1 Å². The first-order valence-electron chi connectivity index (χ1n) is 6.37. The molecule has 1 atom stereocenters. The lowest BCUT2D eigenvalue weighted by atomic mass is 10.1. The minimum atomic E-state index is -3.70. The van der Waals surface area contributed by atoms with E-state index < -0.39 is 15.9 Å². The number of hydrogen-bond acceptors (Lipinski definition) is 4. The van der Waals surface area contributed by atoms with Crippen molar-refractivity contribution in [2.75, 3.05) is 20.1 Å². The van der Waals surface area contributed by atoms with Crippen LogP contribution in [0.25, 0.3) is 0 Å². The highest BCUT2D eigenvalue weighted by Crippen LogP contribution is 2.19. The van der Waals surface area contributed by atoms with Gasteiger partial charge in [0.15, 0.2) is 0 Å². The Bertz CT molecular complexity index is 572. The fraction of sp³-hybridized carbons (Fsp3) is 0.462. The molecule has 0 aliphatic carbocycles. The van der Waals surface area contributed by atoms with E-state index in [1.807, 2.05) is 19.9 Å². The number of nitrogens with two attached hydrogens (primary N) is 1. The Morgan fingerprint density at radius 3 is 2.65 bits per heavy atom. The first-order valence-corrected chi connectivity index (χ1v) is 7.81. The number of carbonyl (C=O) groups is 1. The molecule has 6 nitrogen and oxygen atoms in total. The van der Waals surface area contributed by atoms with E-state index in [9.17, 15) is 13.2 Å². The van der Waals surface area contributed by atoms with Crippen molar-refractivity contribution in [2.45, 2.75) is 24.8 Å². The van der Waals surface area contributed by atoms with Crippen molar-refractivity contribution in [1.29, 1.82) is 0 Å². The van der Waals surface area contributed by atoms with Gasteiger partial charge in [0, 0.05) is 13.1 Å². The molecule has 0 aromatic heterocycles. The smallest absolute Gasteiger partial charge is 0.243 e. The Morgan fingerprint density at radius 2 is 2.10 bits per heavy atom. The fourth-order valence-corrected chi connectivity index (χ4v) is 3.05. The summed E-state index contributed by atoms with van der Waals surface area (Å²) in [6.45, 7) is 4.40. The molecule has 0 saturated carbocycles. The van der Waals surface area contributed by atoms with E-state index in [1.165, 1.54) is 13.1 Å². The predicted octanol–water partition coefficient (Wildman–Crippen LogP) is 0.463. The second-order valence-corrected chi connectivity index (χ2v) is 6.62. The SMILES string of the molecule is CCNC(C)c1cccc(S(=O)(=O)N(C)CC(N)=O)c1. The lowest BCUT2D eigenvalue weighted by Gasteiger charge is -2.18. The normalized spacial score (nSPS) is 13.4. The summed E-state index contributed by atoms with van der Waals surface area (Å²) in [6, 6.07) is 6.72. The molecule has 1 unspecified atom stereocenters. The Hall–Kier alpha value is -1.44. The van der Waals surface area contributed by atoms with Crippen molar-refractivity contribution in [3.05, 3.63) is 29.8 Å². The van der Waals surface area contributed by atoms with Crippen LogP contribution in [0.2, 0.25) is 0 Å². The predicted molar refractivity (Wildman–Crippen MR) is 77.5 cm³/mol. The Balaban J connectivity index is 3.07. The molecular formula is C13H21N3O3S. The number of carbonyl (C=O) groups excluding carboxylic acids is 1. The molecule has 0 bridgehead atoms. The average Bonchev–Trinajstić information content (AvgIpc) is 2.38. The number of likely N-dealkylation sites (N-methyl/N-ethyl adjacent to an activating group) is 1. The number of amides is 1. The summed E-state index contributed by atoms with van der Waals surface area (Å²) in [5.74, 6) is -0.687. The summed E-state index contributed by atoms with van der Waals surface area (Å²) in [5.41, 5.74) is 5.91. The van der Waals surface area contributed by atoms with Gasteiger partial charge in [-0.3, -0.25) is 4.79 Å². The number of rotatable bonds is 7. The number of benzene rings is 1. The van der Waals surface area contributed by atoms with E-state index in [4.69, 9.17) is 5.73 Å². The van der Waals surface area contributed by atoms with E-state index in [0.29, 0.717) is 0 Å². The molecule has 1 aromatic rings. The van der Waals surface area contributed by atoms with E-state index in [-0.39, 0.29) is 17.5 Å². The van der Waals surface area contributed by atoms with Crippen LogP contribution in [-0.2, 0) is 14.8 Å². The van der Waals surface area contributed by atoms with Crippen molar-refractivity contribution in [1.82, 2.24) is 9.62 Å². The largest absolute Gasteiger partial charge is 0.369 e. The minimum absolute atomic E-state index is 0.0524. The number of nitrogens with zero attached hydrogens (tertiary/aromatic N) is 1. The molecule has 1 aromatic carbocycles. The maximum atomic E-state index is 12.3. The number of primary amides is 1. The van der Waals surface area contributed by atoms with Crippen LogP contribution in [-0.4, -0.2) is 38.8 Å². The molecule has 0 radical (unpaired) electrons. The van der Waals surface area contributed by atoms with Gasteiger partial charge in [-0.05, 0) is 31.2 Å². The Kier molecular flexibility index (Phi) is 5.67. The summed E-state index contributed by atoms with van der Waals surface area (Å²) in [6.07, 6.45) is 0. The zero-order valence-electron chi connectivity index (χ0n) is 12.0. The molecule has 7 heteroatoms. The van der Waals surface area contributed by atoms with Crippen molar-refractivity contribution >= 4 is 15.9 Å². The fourth-order valence-electron chi connectivity index (χ4n) is 1.85. The monoisotopic (exact) mass is 299 g/mol. The Labute approximate surface area is 120 Å². The van der Waals surface area contributed by atoms with Gasteiger partial charge in [-0.1, -0.05) is 19.1 Å². The molecule has 112 valence electrons. The Morgan fingerprint density at radius 1 is 1.45 bits per heavy atom. The molecule has 0 aliphatic heterocycles. The van der Waals surface area contributed by atoms with Crippen molar-refractivity contribution < 1.29 is 13.2 Å². The van der Waals surface area contributed by atoms with Crippen LogP contribution in [0.3, 0.4) is 0 Å². The van der Waals surface area contributed by atoms with E-state index >= 15 is 0 Å². The summed E-state index contributed by atoms with van der Waals surface area (Å²) in [5, 5.41) is 3.22. The topological polar surface area (TPSA) is 92.5 Å². The summed E-state index contributed by atoms with van der Waals surface area (Å²) in [4.78, 5) is 11.0. The van der Waals surface area contributed by atoms with Gasteiger partial charge in [-0.2, -0.15) is 4.31 Å². The molecular weight excluding hydrogens is 278 g/mol. The molecule has 3 N–H and O–H groups in total. The number of nitrogens with one attached hydrogen (secondary N) is 1. The zero-order valence-corrected chi connectivity index (χ0v) is 12.8. The zero-order chi connectivity index (χ0) is 15.3. The first kappa shape index (κ1) is 16.6. The van der Waals surface area contributed by atoms with Gasteiger partial charge in [0.2, 0.25) is 15.9 Å². The second-order valence-electron chi connectivity index (χ2n) is 4.58. The third-order valence-corrected chi connectivity index (χ3v) is 4.75. The lowest BCUT2D eigenvalue weighted by Crippen LogP contribution is -2.35. The van der Waals surface area contributed by atoms with Gasteiger partial charge in [-0.25, -0.2) is 8.42 Å². The highest BCUT2D eigenvalue weighted by Gasteiger charge is 2.22. The van der Waals surface area contributed by atoms with Crippen LogP contribution >= 0.6 is 0 Å². The molecule has 0 spiro atoms. The van der Waals surface area contributed by atoms with Crippen LogP contribution in [0.4, 0.5) is 0 Å². The van der Waals surface area contributed by atoms with E-state index in [2.05, 4.69) is 5.32 Å². The molecule has 20 heavy (non-hydrogen) atoms. The maximum Gasteiger partial charge on any atom is 0.243 e. The van der Waals surface area contributed by atoms with Crippen LogP contribution < -0.4 is 11.1 Å². The first-order chi connectivity index (χ1) is 9.28. The molecule has 0 fully saturated rings. The molecule has 0 saturated heterocycles. The highest BCUT2D eigenvalue weighted by molar-refractivity contribution is 7.89. The maximum absolute atomic E-state index is 12.3. The number of sulfonamides is 1. The van der Waals surface area contributed by atoms with Crippen LogP contribution in [0.1, 0.15) is 25.5 Å². The van der Waals surface area contributed by atoms with Gasteiger partial charge < -0.3 is 11.1 Å². The van der Waals surface area contributed by atoms with Crippen molar-refractivity contribution in [3.8, 4) is 0 Å². The van der Waals surface area contributed by atoms with Crippen LogP contribution in [0.15, 0.2) is 29.2 Å². The summed E-state index contributed by atoms with van der Waals surface area (Å²) in [7, 11) is -2.37. The highest BCUT2D eigenvalue weighted by atomic mass is 32.2. The molecule has 0 heterocycles. The van der Waals surface area contributed by atoms with Gasteiger partial charge >= 0.3 is 0 Å². The second kappa shape index (κ2) is 6.83. The van der Waals surface area contributed by atoms with Gasteiger partial charge in [0.05, 0.1) is 11.4 Å². The van der Waals surface area contributed by atoms with E-state index in [0.717, 1.165) is 16.4 Å². The third-order valence-electron chi connectivity index (χ3n) is 2.96. The lowest BCUT2D eigenvalue weighted by molar-refractivity contribution is -0.118. The standard InChI is InChI=1S/C13H21N3O3S/c1-4-15-10(2)11-6-5-7-12(8-11)20(18,19)16(3)9-13(14)17/h5-8,10,15H,4,9H2,1-3H3,(H2,14,17). The average molecular weight is 299 g/mol. The molecule has 1 rings (SSSR count).